The van der Waals surface area contributed by atoms with E-state index in [1.54, 1.807) is 0 Å². The van der Waals surface area contributed by atoms with Gasteiger partial charge in [-0.2, -0.15) is 0 Å². The second-order valence-electron chi connectivity index (χ2n) is 6.83. The third kappa shape index (κ3) is 3.17. The average Bonchev–Trinajstić information content (AvgIpc) is 2.98. The summed E-state index contributed by atoms with van der Waals surface area (Å²) >= 11 is 0. The van der Waals surface area contributed by atoms with Crippen molar-refractivity contribution in [2.75, 3.05) is 0 Å². The zero-order valence-electron chi connectivity index (χ0n) is 14.5. The molecule has 120 valence electrons. The van der Waals surface area contributed by atoms with Gasteiger partial charge < -0.3 is 5.32 Å². The van der Waals surface area contributed by atoms with E-state index in [4.69, 9.17) is 0 Å². The van der Waals surface area contributed by atoms with Crippen LogP contribution < -0.4 is 5.32 Å². The predicted molar refractivity (Wildman–Crippen MR) is 95.0 cm³/mol. The van der Waals surface area contributed by atoms with Gasteiger partial charge in [-0.05, 0) is 86.4 Å². The highest BCUT2D eigenvalue weighted by Gasteiger charge is 2.17. The van der Waals surface area contributed by atoms with Crippen molar-refractivity contribution in [3.05, 3.63) is 69.3 Å². The second-order valence-corrected chi connectivity index (χ2v) is 6.83. The molecule has 0 spiro atoms. The van der Waals surface area contributed by atoms with Crippen LogP contribution in [0.5, 0.6) is 0 Å². The smallest absolute Gasteiger partial charge is 0.252 e. The summed E-state index contributed by atoms with van der Waals surface area (Å²) in [6, 6.07) is 10.7. The SMILES string of the molecule is Cc1cc(C)c(C(=O)NC(C)c2ccc3c(c2)CCC3)cc1C. The molecule has 0 bridgehead atoms. The molecule has 0 heterocycles. The van der Waals surface area contributed by atoms with Gasteiger partial charge in [0.25, 0.3) is 5.91 Å². The molecule has 2 aromatic rings. The minimum absolute atomic E-state index is 0.0126. The molecular formula is C21H25NO. The normalized spacial score (nSPS) is 14.4. The lowest BCUT2D eigenvalue weighted by Gasteiger charge is -2.17. The van der Waals surface area contributed by atoms with Crippen molar-refractivity contribution < 1.29 is 4.79 Å². The Kier molecular flexibility index (Phi) is 4.25. The van der Waals surface area contributed by atoms with Crippen molar-refractivity contribution in [3.63, 3.8) is 0 Å². The standard InChI is InChI=1S/C21H25NO/c1-13-10-15(3)20(11-14(13)2)21(23)22-16(4)18-9-8-17-6-5-7-19(17)12-18/h8-12,16H,5-7H2,1-4H3,(H,22,23). The van der Waals surface area contributed by atoms with Gasteiger partial charge in [-0.15, -0.1) is 0 Å². The fraction of sp³-hybridized carbons (Fsp3) is 0.381. The first kappa shape index (κ1) is 15.8. The van der Waals surface area contributed by atoms with Crippen molar-refractivity contribution >= 4 is 5.91 Å². The molecule has 23 heavy (non-hydrogen) atoms. The molecule has 0 aromatic heterocycles. The fourth-order valence-corrected chi connectivity index (χ4v) is 3.42. The van der Waals surface area contributed by atoms with Crippen LogP contribution in [-0.4, -0.2) is 5.91 Å². The number of benzene rings is 2. The van der Waals surface area contributed by atoms with Gasteiger partial charge >= 0.3 is 0 Å². The summed E-state index contributed by atoms with van der Waals surface area (Å²) in [6.07, 6.45) is 3.61. The van der Waals surface area contributed by atoms with Gasteiger partial charge in [-0.1, -0.05) is 24.3 Å². The van der Waals surface area contributed by atoms with Crippen molar-refractivity contribution in [3.8, 4) is 0 Å². The quantitative estimate of drug-likeness (QED) is 0.882. The van der Waals surface area contributed by atoms with Gasteiger partial charge in [0.15, 0.2) is 0 Å². The molecule has 2 nitrogen and oxygen atoms in total. The predicted octanol–water partition coefficient (Wildman–Crippen LogP) is 4.59. The molecule has 2 heteroatoms. The molecule has 1 N–H and O–H groups in total. The Labute approximate surface area is 138 Å². The zero-order valence-corrected chi connectivity index (χ0v) is 14.5. The van der Waals surface area contributed by atoms with E-state index in [2.05, 4.69) is 50.4 Å². The highest BCUT2D eigenvalue weighted by molar-refractivity contribution is 5.96. The third-order valence-electron chi connectivity index (χ3n) is 5.06. The molecule has 0 saturated heterocycles. The van der Waals surface area contributed by atoms with Crippen LogP contribution in [0, 0.1) is 20.8 Å². The van der Waals surface area contributed by atoms with Crippen LogP contribution in [0.25, 0.3) is 0 Å². The van der Waals surface area contributed by atoms with E-state index in [9.17, 15) is 4.79 Å². The number of nitrogens with one attached hydrogen (secondary N) is 1. The van der Waals surface area contributed by atoms with Crippen molar-refractivity contribution in [1.29, 1.82) is 0 Å². The Morgan fingerprint density at radius 1 is 0.957 bits per heavy atom. The van der Waals surface area contributed by atoms with Crippen LogP contribution in [-0.2, 0) is 12.8 Å². The van der Waals surface area contributed by atoms with Crippen LogP contribution in [0.4, 0.5) is 0 Å². The summed E-state index contributed by atoms with van der Waals surface area (Å²) < 4.78 is 0. The van der Waals surface area contributed by atoms with E-state index in [0.29, 0.717) is 0 Å². The number of hydrogen-bond donors (Lipinski definition) is 1. The Hall–Kier alpha value is -2.09. The first-order valence-corrected chi connectivity index (χ1v) is 8.46. The molecule has 1 aliphatic carbocycles. The van der Waals surface area contributed by atoms with Crippen LogP contribution in [0.3, 0.4) is 0 Å². The first-order valence-electron chi connectivity index (χ1n) is 8.46. The Morgan fingerprint density at radius 3 is 2.43 bits per heavy atom. The number of amides is 1. The lowest BCUT2D eigenvalue weighted by atomic mass is 9.99. The van der Waals surface area contributed by atoms with Crippen LogP contribution in [0.2, 0.25) is 0 Å². The number of carbonyl (C=O) groups is 1. The van der Waals surface area contributed by atoms with Crippen molar-refractivity contribution in [2.45, 2.75) is 53.0 Å². The van der Waals surface area contributed by atoms with E-state index >= 15 is 0 Å². The Morgan fingerprint density at radius 2 is 1.65 bits per heavy atom. The molecule has 1 atom stereocenters. The molecule has 0 fully saturated rings. The lowest BCUT2D eigenvalue weighted by molar-refractivity contribution is 0.0939. The van der Waals surface area contributed by atoms with Gasteiger partial charge in [0, 0.05) is 5.56 Å². The molecule has 0 aliphatic heterocycles. The Bertz CT molecular complexity index is 761. The largest absolute Gasteiger partial charge is 0.346 e. The minimum atomic E-state index is 0.0126. The van der Waals surface area contributed by atoms with Crippen LogP contribution in [0.15, 0.2) is 30.3 Å². The van der Waals surface area contributed by atoms with Gasteiger partial charge in [-0.3, -0.25) is 4.79 Å². The van der Waals surface area contributed by atoms with E-state index in [0.717, 1.165) is 16.7 Å². The maximum Gasteiger partial charge on any atom is 0.252 e. The summed E-state index contributed by atoms with van der Waals surface area (Å²) in [6.45, 7) is 8.19. The monoisotopic (exact) mass is 307 g/mol. The highest BCUT2D eigenvalue weighted by Crippen LogP contribution is 2.25. The van der Waals surface area contributed by atoms with Crippen LogP contribution >= 0.6 is 0 Å². The molecular weight excluding hydrogens is 282 g/mol. The minimum Gasteiger partial charge on any atom is -0.346 e. The maximum atomic E-state index is 12.6. The van der Waals surface area contributed by atoms with E-state index < -0.39 is 0 Å². The number of carbonyl (C=O) groups excluding carboxylic acids is 1. The topological polar surface area (TPSA) is 29.1 Å². The van der Waals surface area contributed by atoms with E-state index in [1.807, 2.05) is 13.0 Å². The average molecular weight is 307 g/mol. The molecule has 3 rings (SSSR count). The first-order chi connectivity index (χ1) is 11.0. The maximum absolute atomic E-state index is 12.6. The summed E-state index contributed by atoms with van der Waals surface area (Å²) in [5.41, 5.74) is 8.31. The summed E-state index contributed by atoms with van der Waals surface area (Å²) in [5.74, 6) is 0.0126. The molecule has 0 saturated carbocycles. The number of fused-ring (bicyclic) bond motifs is 1. The van der Waals surface area contributed by atoms with Crippen molar-refractivity contribution in [1.82, 2.24) is 5.32 Å². The summed E-state index contributed by atoms with van der Waals surface area (Å²) in [5, 5.41) is 3.15. The molecule has 2 aromatic carbocycles. The molecule has 1 amide bonds. The lowest BCUT2D eigenvalue weighted by Crippen LogP contribution is -2.27. The second kappa shape index (κ2) is 6.19. The fourth-order valence-electron chi connectivity index (χ4n) is 3.42. The number of aryl methyl sites for hydroxylation is 5. The van der Waals surface area contributed by atoms with Gasteiger partial charge in [0.2, 0.25) is 0 Å². The Balaban J connectivity index is 1.78. The number of rotatable bonds is 3. The van der Waals surface area contributed by atoms with Crippen molar-refractivity contribution in [2.24, 2.45) is 0 Å². The van der Waals surface area contributed by atoms with E-state index in [1.165, 1.54) is 41.5 Å². The zero-order chi connectivity index (χ0) is 16.6. The molecule has 1 aliphatic rings. The van der Waals surface area contributed by atoms with Gasteiger partial charge in [-0.25, -0.2) is 0 Å². The van der Waals surface area contributed by atoms with Gasteiger partial charge in [0.1, 0.15) is 0 Å². The summed E-state index contributed by atoms with van der Waals surface area (Å²) in [7, 11) is 0. The third-order valence-corrected chi connectivity index (χ3v) is 5.06. The number of hydrogen-bond acceptors (Lipinski definition) is 1. The van der Waals surface area contributed by atoms with E-state index in [-0.39, 0.29) is 11.9 Å². The van der Waals surface area contributed by atoms with Gasteiger partial charge in [0.05, 0.1) is 6.04 Å². The van der Waals surface area contributed by atoms with Crippen LogP contribution in [0.1, 0.15) is 63.1 Å². The highest BCUT2D eigenvalue weighted by atomic mass is 16.1. The summed E-state index contributed by atoms with van der Waals surface area (Å²) in [4.78, 5) is 12.6. The molecule has 1 unspecified atom stereocenters. The molecule has 0 radical (unpaired) electrons.